The molecule has 14 nitrogen and oxygen atoms in total. The molecule has 3 N–H and O–H groups in total. The third kappa shape index (κ3) is 8.31. The summed E-state index contributed by atoms with van der Waals surface area (Å²) < 4.78 is 31.7. The van der Waals surface area contributed by atoms with Gasteiger partial charge in [-0.3, -0.25) is 24.0 Å². The first-order chi connectivity index (χ1) is 31.4. The molecule has 8 aliphatic rings. The lowest BCUT2D eigenvalue weighted by Gasteiger charge is -2.53. The third-order valence-electron chi connectivity index (χ3n) is 16.2. The van der Waals surface area contributed by atoms with Gasteiger partial charge in [-0.1, -0.05) is 74.0 Å². The number of fused-ring (bicyclic) bond motifs is 7. The molecule has 3 saturated carbocycles. The van der Waals surface area contributed by atoms with Gasteiger partial charge in [0.05, 0.1) is 30.9 Å². The Morgan fingerprint density at radius 1 is 0.955 bits per heavy atom. The first-order valence-corrected chi connectivity index (χ1v) is 24.3. The van der Waals surface area contributed by atoms with Crippen LogP contribution in [0.25, 0.3) is 6.08 Å². The maximum Gasteiger partial charge on any atom is 0.327 e. The van der Waals surface area contributed by atoms with Crippen LogP contribution in [-0.4, -0.2) is 107 Å². The minimum Gasteiger partial charge on any atom is -0.460 e. The van der Waals surface area contributed by atoms with Crippen molar-refractivity contribution in [2.45, 2.75) is 178 Å². The van der Waals surface area contributed by atoms with Gasteiger partial charge in [-0.2, -0.15) is 5.06 Å². The number of nitrogens with one attached hydrogen (secondary N) is 2. The second kappa shape index (κ2) is 16.8. The van der Waals surface area contributed by atoms with E-state index in [1.807, 2.05) is 24.3 Å². The SMILES string of the molecule is CC(C)(C)OC(=O)CCC(CO)NC(=O)CCNC(=O)C12CC3OC(=O)C1N(Cc1ccccc1C=C1CCC4OC4(C)CCC4C1CC4(C)C)OC2C1OC2(Cc4ccccc4C2)OC31. The normalized spacial score (nSPS) is 35.4. The summed E-state index contributed by atoms with van der Waals surface area (Å²) in [5, 5.41) is 17.4. The summed E-state index contributed by atoms with van der Waals surface area (Å²) in [5.41, 5.74) is 3.88. The zero-order chi connectivity index (χ0) is 46.4. The lowest BCUT2D eigenvalue weighted by atomic mass is 9.52. The standard InChI is InChI=1S/C52H67N3O11/c1-48(2,3)63-41(58)18-16-35(29-56)54-40(57)20-22-53-47(60)52-27-38-42-43(65-51(64-42)24-32-12-8-9-13-33(32)25-51)45(52)66-55(44(52)46(59)61-38)28-34-14-10-7-11-30(34)23-31-15-17-39-50(6,62-39)21-19-37-36(31)26-49(37,4)5/h7-14,23,35-39,42-45,56H,15-22,24-29H2,1-6H3,(H,53,60)(H,54,57). The van der Waals surface area contributed by atoms with Crippen LogP contribution < -0.4 is 10.6 Å². The van der Waals surface area contributed by atoms with Gasteiger partial charge in [0, 0.05) is 38.6 Å². The second-order valence-corrected chi connectivity index (χ2v) is 22.3. The van der Waals surface area contributed by atoms with Crippen LogP contribution >= 0.6 is 0 Å². The molecule has 14 heteroatoms. The first kappa shape index (κ1) is 45.6. The molecule has 2 amide bonds. The van der Waals surface area contributed by atoms with Crippen molar-refractivity contribution in [2.75, 3.05) is 13.2 Å². The summed E-state index contributed by atoms with van der Waals surface area (Å²) in [4.78, 5) is 62.0. The predicted molar refractivity (Wildman–Crippen MR) is 241 cm³/mol. The zero-order valence-corrected chi connectivity index (χ0v) is 39.3. The highest BCUT2D eigenvalue weighted by Gasteiger charge is 2.76. The van der Waals surface area contributed by atoms with Crippen LogP contribution in [0.1, 0.15) is 122 Å². The molecule has 356 valence electrons. The van der Waals surface area contributed by atoms with Gasteiger partial charge in [0.15, 0.2) is 11.8 Å². The number of aliphatic hydroxyl groups excluding tert-OH is 1. The van der Waals surface area contributed by atoms with Crippen LogP contribution in [0.3, 0.4) is 0 Å². The molecule has 2 aromatic rings. The van der Waals surface area contributed by atoms with Gasteiger partial charge in [0.1, 0.15) is 35.4 Å². The fraction of sp³-hybridized carbons (Fsp3) is 0.654. The smallest absolute Gasteiger partial charge is 0.327 e. The summed E-state index contributed by atoms with van der Waals surface area (Å²) in [6, 6.07) is 14.6. The van der Waals surface area contributed by atoms with Crippen LogP contribution in [0.15, 0.2) is 54.1 Å². The van der Waals surface area contributed by atoms with Crippen LogP contribution in [0.5, 0.6) is 0 Å². The van der Waals surface area contributed by atoms with Crippen molar-refractivity contribution in [2.24, 2.45) is 22.7 Å². The summed E-state index contributed by atoms with van der Waals surface area (Å²) in [6.45, 7) is 12.2. The maximum atomic E-state index is 15.0. The summed E-state index contributed by atoms with van der Waals surface area (Å²) in [7, 11) is 0. The molecule has 11 unspecified atom stereocenters. The van der Waals surface area contributed by atoms with Crippen molar-refractivity contribution >= 4 is 29.8 Å². The number of hydroxylamine groups is 2. The Kier molecular flexibility index (Phi) is 11.6. The van der Waals surface area contributed by atoms with Gasteiger partial charge in [0.2, 0.25) is 11.8 Å². The predicted octanol–water partition coefficient (Wildman–Crippen LogP) is 5.65. The number of amides is 2. The fourth-order valence-corrected chi connectivity index (χ4v) is 12.8. The number of esters is 2. The van der Waals surface area contributed by atoms with Crippen molar-refractivity contribution in [3.8, 4) is 0 Å². The Hall–Kier alpha value is -4.18. The van der Waals surface area contributed by atoms with Crippen LogP contribution in [0.4, 0.5) is 0 Å². The monoisotopic (exact) mass is 909 g/mol. The van der Waals surface area contributed by atoms with Crippen molar-refractivity contribution in [3.63, 3.8) is 0 Å². The number of hydrogen-bond donors (Lipinski definition) is 3. The number of hydrogen-bond acceptors (Lipinski definition) is 12. The summed E-state index contributed by atoms with van der Waals surface area (Å²) >= 11 is 0. The fourth-order valence-electron chi connectivity index (χ4n) is 12.8. The molecule has 66 heavy (non-hydrogen) atoms. The average molecular weight is 910 g/mol. The Labute approximate surface area is 387 Å². The number of allylic oxidation sites excluding steroid dienone is 1. The van der Waals surface area contributed by atoms with E-state index in [-0.39, 0.29) is 62.5 Å². The topological polar surface area (TPSA) is 174 Å². The van der Waals surface area contributed by atoms with Crippen molar-refractivity contribution in [1.82, 2.24) is 15.7 Å². The van der Waals surface area contributed by atoms with Crippen molar-refractivity contribution < 1.29 is 52.8 Å². The zero-order valence-electron chi connectivity index (χ0n) is 39.3. The minimum absolute atomic E-state index is 0.0162. The third-order valence-corrected chi connectivity index (χ3v) is 16.2. The highest BCUT2D eigenvalue weighted by atomic mass is 16.8. The van der Waals surface area contributed by atoms with E-state index in [0.29, 0.717) is 24.7 Å². The van der Waals surface area contributed by atoms with E-state index in [2.05, 4.69) is 61.7 Å². The van der Waals surface area contributed by atoms with E-state index >= 15 is 0 Å². The molecule has 4 saturated heterocycles. The number of epoxide rings is 1. The number of aliphatic hydroxyl groups is 1. The number of benzene rings is 2. The van der Waals surface area contributed by atoms with Crippen LogP contribution in [0.2, 0.25) is 0 Å². The number of rotatable bonds is 12. The van der Waals surface area contributed by atoms with Gasteiger partial charge in [-0.05, 0) is 106 Å². The quantitative estimate of drug-likeness (QED) is 0.177. The molecule has 4 heterocycles. The highest BCUT2D eigenvalue weighted by molar-refractivity contribution is 5.94. The van der Waals surface area contributed by atoms with E-state index in [1.54, 1.807) is 25.8 Å². The van der Waals surface area contributed by atoms with Gasteiger partial charge in [-0.25, -0.2) is 0 Å². The molecule has 2 aromatic carbocycles. The Bertz CT molecular complexity index is 2260. The van der Waals surface area contributed by atoms with E-state index in [1.165, 1.54) is 5.57 Å². The second-order valence-electron chi connectivity index (χ2n) is 22.3. The molecular formula is C52H67N3O11. The number of ether oxygens (including phenoxy) is 5. The molecule has 7 fully saturated rings. The van der Waals surface area contributed by atoms with E-state index < -0.39 is 77.1 Å². The molecule has 10 rings (SSSR count). The number of carbonyl (C=O) groups is 4. The molecule has 11 atom stereocenters. The summed E-state index contributed by atoms with van der Waals surface area (Å²) in [5.74, 6) is -1.74. The largest absolute Gasteiger partial charge is 0.460 e. The molecule has 4 aliphatic carbocycles. The maximum absolute atomic E-state index is 15.0. The van der Waals surface area contributed by atoms with Crippen molar-refractivity contribution in [3.05, 3.63) is 76.4 Å². The Morgan fingerprint density at radius 2 is 1.68 bits per heavy atom. The number of carbonyl (C=O) groups excluding carboxylic acids is 4. The van der Waals surface area contributed by atoms with Crippen LogP contribution in [0, 0.1) is 22.7 Å². The lowest BCUT2D eigenvalue weighted by molar-refractivity contribution is -0.217. The molecule has 0 aromatic heterocycles. The van der Waals surface area contributed by atoms with E-state index in [0.717, 1.165) is 54.4 Å². The van der Waals surface area contributed by atoms with Gasteiger partial charge >= 0.3 is 11.9 Å². The minimum atomic E-state index is -1.42. The Morgan fingerprint density at radius 3 is 2.41 bits per heavy atom. The van der Waals surface area contributed by atoms with Gasteiger partial charge in [-0.15, -0.1) is 0 Å². The Balaban J connectivity index is 0.901. The molecule has 1 spiro atoms. The van der Waals surface area contributed by atoms with Crippen molar-refractivity contribution in [1.29, 1.82) is 0 Å². The van der Waals surface area contributed by atoms with E-state index in [9.17, 15) is 24.3 Å². The lowest BCUT2D eigenvalue weighted by Crippen LogP contribution is -2.69. The van der Waals surface area contributed by atoms with Gasteiger partial charge in [0.25, 0.3) is 0 Å². The highest BCUT2D eigenvalue weighted by Crippen LogP contribution is 2.61. The first-order valence-electron chi connectivity index (χ1n) is 24.3. The number of nitrogens with zero attached hydrogens (tertiary/aromatic N) is 1. The molecule has 4 aliphatic heterocycles. The average Bonchev–Trinajstić information content (AvgIpc) is 3.53. The molecule has 0 radical (unpaired) electrons. The molecular weight excluding hydrogens is 843 g/mol. The van der Waals surface area contributed by atoms with Gasteiger partial charge < -0.3 is 39.4 Å². The van der Waals surface area contributed by atoms with Crippen LogP contribution in [-0.2, 0) is 67.1 Å². The summed E-state index contributed by atoms with van der Waals surface area (Å²) in [6.07, 6.45) is 6.25. The van der Waals surface area contributed by atoms with E-state index in [4.69, 9.17) is 28.5 Å². The molecule has 2 bridgehead atoms.